The molecular weight excluding hydrogens is 639 g/mol. The number of fused-ring (bicyclic) bond motifs is 1. The Kier molecular flexibility index (Phi) is 8.90. The van der Waals surface area contributed by atoms with Crippen LogP contribution in [0.15, 0.2) is 24.7 Å². The molecule has 3 aliphatic rings. The Hall–Kier alpha value is -3.83. The number of carbonyl (C=O) groups excluding carboxylic acids is 2. The largest absolute Gasteiger partial charge is 0.389 e. The molecule has 2 amide bonds. The average molecular weight is 674 g/mol. The standard InChI is InChI=1S/C29H34F7N9O2/c30-27(31)6-3-18(4-7-27)25(41-26(47)20-13-38-45(42-20)10-9-43-15-28(32,33)16-43)21-14-44-22(39-21)11-19(12-37-44)24(17-1-2-17)40-23(46)5-8-29(34,35)36/h11-14,17-18,24-25H,1-10,15-16H2,(H,40,46)(H,41,47)/t24-,25+/m1/s1. The van der Waals surface area contributed by atoms with Gasteiger partial charge in [0.1, 0.15) is 0 Å². The summed E-state index contributed by atoms with van der Waals surface area (Å²) in [6.45, 7) is -0.233. The lowest BCUT2D eigenvalue weighted by atomic mass is 9.81. The molecule has 0 spiro atoms. The van der Waals surface area contributed by atoms with Gasteiger partial charge in [-0.25, -0.2) is 27.1 Å². The molecule has 3 fully saturated rings. The van der Waals surface area contributed by atoms with E-state index in [2.05, 4.69) is 30.9 Å². The Labute approximate surface area is 264 Å². The summed E-state index contributed by atoms with van der Waals surface area (Å²) in [5.74, 6) is -7.21. The number of likely N-dealkylation sites (tertiary alicyclic amines) is 1. The van der Waals surface area contributed by atoms with E-state index in [-0.39, 0.29) is 63.5 Å². The number of carbonyl (C=O) groups is 2. The number of alkyl halides is 7. The highest BCUT2D eigenvalue weighted by Gasteiger charge is 2.43. The maximum absolute atomic E-state index is 14.1. The fourth-order valence-electron chi connectivity index (χ4n) is 6.18. The maximum atomic E-state index is 14.1. The van der Waals surface area contributed by atoms with Gasteiger partial charge in [-0.05, 0) is 49.1 Å². The highest BCUT2D eigenvalue weighted by Crippen LogP contribution is 2.43. The van der Waals surface area contributed by atoms with E-state index in [1.807, 2.05) is 0 Å². The van der Waals surface area contributed by atoms with E-state index in [9.17, 15) is 40.3 Å². The van der Waals surface area contributed by atoms with E-state index >= 15 is 0 Å². The van der Waals surface area contributed by atoms with Crippen LogP contribution in [-0.4, -0.2) is 84.0 Å². The number of hydrogen-bond acceptors (Lipinski definition) is 7. The minimum Gasteiger partial charge on any atom is -0.349 e. The molecule has 0 aromatic carbocycles. The molecule has 2 N–H and O–H groups in total. The summed E-state index contributed by atoms with van der Waals surface area (Å²) in [6.07, 6.45) is -0.969. The molecule has 256 valence electrons. The SMILES string of the molecule is O=C(CCC(F)(F)F)N[C@@H](c1cnn2cc([C@@H](NC(=O)c3cnn(CCN4CC(F)(F)C4)n3)C3CCC(F)(F)CC3)nc2c1)C1CC1. The Morgan fingerprint density at radius 3 is 2.28 bits per heavy atom. The number of nitrogens with zero attached hydrogens (tertiary/aromatic N) is 7. The molecular formula is C29H34F7N9O2. The van der Waals surface area contributed by atoms with Gasteiger partial charge in [0, 0.05) is 25.8 Å². The molecule has 1 saturated heterocycles. The molecule has 0 radical (unpaired) electrons. The molecule has 4 heterocycles. The average Bonchev–Trinajstić information content (AvgIpc) is 3.55. The second kappa shape index (κ2) is 12.6. The number of amides is 2. The van der Waals surface area contributed by atoms with Crippen LogP contribution in [0.25, 0.3) is 5.65 Å². The van der Waals surface area contributed by atoms with Gasteiger partial charge in [0.25, 0.3) is 11.8 Å². The van der Waals surface area contributed by atoms with Gasteiger partial charge in [-0.15, -0.1) is 5.10 Å². The molecule has 47 heavy (non-hydrogen) atoms. The summed E-state index contributed by atoms with van der Waals surface area (Å²) in [6, 6.07) is 0.319. The lowest BCUT2D eigenvalue weighted by Crippen LogP contribution is -2.56. The van der Waals surface area contributed by atoms with Crippen LogP contribution in [0.2, 0.25) is 0 Å². The lowest BCUT2D eigenvalue weighted by molar-refractivity contribution is -0.144. The van der Waals surface area contributed by atoms with E-state index in [0.717, 1.165) is 12.8 Å². The van der Waals surface area contributed by atoms with Gasteiger partial charge in [-0.1, -0.05) is 0 Å². The first-order valence-corrected chi connectivity index (χ1v) is 15.5. The fraction of sp³-hybridized carbons (Fsp3) is 0.655. The molecule has 2 saturated carbocycles. The van der Waals surface area contributed by atoms with Gasteiger partial charge >= 0.3 is 6.18 Å². The van der Waals surface area contributed by atoms with Gasteiger partial charge in [0.05, 0.1) is 62.4 Å². The lowest BCUT2D eigenvalue weighted by Gasteiger charge is -2.38. The predicted octanol–water partition coefficient (Wildman–Crippen LogP) is 4.48. The minimum absolute atomic E-state index is 0.0391. The molecule has 2 atom stereocenters. The summed E-state index contributed by atoms with van der Waals surface area (Å²) < 4.78 is 93.7. The van der Waals surface area contributed by atoms with Crippen LogP contribution in [0.3, 0.4) is 0 Å². The van der Waals surface area contributed by atoms with E-state index < -0.39 is 60.7 Å². The number of halogens is 7. The van der Waals surface area contributed by atoms with Crippen molar-refractivity contribution in [2.75, 3.05) is 19.6 Å². The number of nitrogens with one attached hydrogen (secondary N) is 2. The zero-order chi connectivity index (χ0) is 33.6. The summed E-state index contributed by atoms with van der Waals surface area (Å²) in [5, 5.41) is 18.2. The van der Waals surface area contributed by atoms with Gasteiger partial charge in [0.2, 0.25) is 11.8 Å². The van der Waals surface area contributed by atoms with Crippen LogP contribution < -0.4 is 10.6 Å². The topological polar surface area (TPSA) is 122 Å². The first-order valence-electron chi connectivity index (χ1n) is 15.5. The van der Waals surface area contributed by atoms with Crippen LogP contribution in [0, 0.1) is 11.8 Å². The van der Waals surface area contributed by atoms with Crippen molar-refractivity contribution < 1.29 is 40.3 Å². The molecule has 11 nitrogen and oxygen atoms in total. The first kappa shape index (κ1) is 33.1. The molecule has 18 heteroatoms. The summed E-state index contributed by atoms with van der Waals surface area (Å²) in [5.41, 5.74) is 1.23. The third-order valence-corrected chi connectivity index (χ3v) is 8.90. The summed E-state index contributed by atoms with van der Waals surface area (Å²) in [7, 11) is 0. The van der Waals surface area contributed by atoms with Crippen molar-refractivity contribution in [2.24, 2.45) is 11.8 Å². The van der Waals surface area contributed by atoms with Crippen LogP contribution in [-0.2, 0) is 11.3 Å². The molecule has 3 aromatic rings. The predicted molar refractivity (Wildman–Crippen MR) is 150 cm³/mol. The van der Waals surface area contributed by atoms with Crippen LogP contribution >= 0.6 is 0 Å². The number of imidazole rings is 1. The highest BCUT2D eigenvalue weighted by molar-refractivity contribution is 5.92. The van der Waals surface area contributed by atoms with E-state index in [4.69, 9.17) is 0 Å². The third-order valence-electron chi connectivity index (χ3n) is 8.90. The Morgan fingerprint density at radius 1 is 0.915 bits per heavy atom. The number of hydrogen-bond donors (Lipinski definition) is 2. The van der Waals surface area contributed by atoms with Gasteiger partial charge in [-0.3, -0.25) is 14.5 Å². The van der Waals surface area contributed by atoms with Gasteiger partial charge < -0.3 is 10.6 Å². The van der Waals surface area contributed by atoms with Crippen molar-refractivity contribution in [2.45, 2.75) is 88.0 Å². The number of rotatable bonds is 12. The van der Waals surface area contributed by atoms with E-state index in [0.29, 0.717) is 16.9 Å². The quantitative estimate of drug-likeness (QED) is 0.272. The van der Waals surface area contributed by atoms with Crippen molar-refractivity contribution in [3.8, 4) is 0 Å². The summed E-state index contributed by atoms with van der Waals surface area (Å²) >= 11 is 0. The Balaban J connectivity index is 1.18. The van der Waals surface area contributed by atoms with Crippen molar-refractivity contribution in [3.05, 3.63) is 41.6 Å². The maximum Gasteiger partial charge on any atom is 0.389 e. The van der Waals surface area contributed by atoms with Crippen LogP contribution in [0.1, 0.15) is 85.2 Å². The minimum atomic E-state index is -4.45. The molecule has 0 bridgehead atoms. The third kappa shape index (κ3) is 8.37. The van der Waals surface area contributed by atoms with Crippen molar-refractivity contribution >= 4 is 17.5 Å². The van der Waals surface area contributed by atoms with Crippen LogP contribution in [0.4, 0.5) is 30.7 Å². The molecule has 3 aromatic heterocycles. The Bertz CT molecular complexity index is 1590. The second-order valence-corrected chi connectivity index (χ2v) is 12.8. The highest BCUT2D eigenvalue weighted by atomic mass is 19.4. The zero-order valence-electron chi connectivity index (χ0n) is 25.2. The second-order valence-electron chi connectivity index (χ2n) is 12.8. The zero-order valence-corrected chi connectivity index (χ0v) is 25.2. The smallest absolute Gasteiger partial charge is 0.349 e. The Morgan fingerprint density at radius 2 is 1.62 bits per heavy atom. The summed E-state index contributed by atoms with van der Waals surface area (Å²) in [4.78, 5) is 33.1. The monoisotopic (exact) mass is 673 g/mol. The fourth-order valence-corrected chi connectivity index (χ4v) is 6.18. The van der Waals surface area contributed by atoms with Crippen molar-refractivity contribution in [1.29, 1.82) is 0 Å². The van der Waals surface area contributed by atoms with Crippen molar-refractivity contribution in [1.82, 2.24) is 45.1 Å². The molecule has 1 aliphatic heterocycles. The van der Waals surface area contributed by atoms with E-state index in [1.165, 1.54) is 26.6 Å². The number of aromatic nitrogens is 6. The van der Waals surface area contributed by atoms with Gasteiger partial charge in [0.15, 0.2) is 11.3 Å². The molecule has 6 rings (SSSR count). The van der Waals surface area contributed by atoms with Crippen LogP contribution in [0.5, 0.6) is 0 Å². The first-order chi connectivity index (χ1) is 22.1. The van der Waals surface area contributed by atoms with E-state index in [1.54, 1.807) is 12.3 Å². The molecule has 0 unspecified atom stereocenters. The van der Waals surface area contributed by atoms with Gasteiger partial charge in [-0.2, -0.15) is 28.2 Å². The normalized spacial score (nSPS) is 21.3. The van der Waals surface area contributed by atoms with Crippen molar-refractivity contribution in [3.63, 3.8) is 0 Å². The molecule has 2 aliphatic carbocycles.